The number of rotatable bonds is 11. The van der Waals surface area contributed by atoms with Gasteiger partial charge in [0.25, 0.3) is 0 Å². The Labute approximate surface area is 222 Å². The summed E-state index contributed by atoms with van der Waals surface area (Å²) in [4.78, 5) is 33.2. The van der Waals surface area contributed by atoms with Gasteiger partial charge in [-0.05, 0) is 51.8 Å². The molecule has 0 bridgehead atoms. The van der Waals surface area contributed by atoms with E-state index in [2.05, 4.69) is 20.0 Å². The van der Waals surface area contributed by atoms with Crippen LogP contribution >= 0.6 is 0 Å². The summed E-state index contributed by atoms with van der Waals surface area (Å²) in [6.07, 6.45) is 2.00. The van der Waals surface area contributed by atoms with Gasteiger partial charge in [-0.2, -0.15) is 0 Å². The third-order valence-electron chi connectivity index (χ3n) is 5.84. The molecule has 1 amide bonds. The monoisotopic (exact) mass is 551 g/mol. The van der Waals surface area contributed by atoms with E-state index >= 15 is 0 Å². The molecule has 0 atom stereocenters. The second-order valence-electron chi connectivity index (χ2n) is 9.42. The first-order valence-electron chi connectivity index (χ1n) is 12.4. The van der Waals surface area contributed by atoms with E-state index in [9.17, 15) is 22.4 Å². The van der Waals surface area contributed by atoms with Crippen molar-refractivity contribution in [3.63, 3.8) is 0 Å². The Hall–Kier alpha value is -3.32. The number of anilines is 2. The Kier molecular flexibility index (Phi) is 9.97. The number of halogens is 1. The highest BCUT2D eigenvalue weighted by Gasteiger charge is 2.26. The highest BCUT2D eigenvalue weighted by atomic mass is 32.2. The summed E-state index contributed by atoms with van der Waals surface area (Å²) in [6, 6.07) is 4.39. The van der Waals surface area contributed by atoms with Crippen LogP contribution in [0.15, 0.2) is 24.5 Å². The fourth-order valence-corrected chi connectivity index (χ4v) is 4.82. The van der Waals surface area contributed by atoms with Crippen molar-refractivity contribution in [1.29, 1.82) is 0 Å². The number of likely N-dealkylation sites (tertiary alicyclic amines) is 1. The summed E-state index contributed by atoms with van der Waals surface area (Å²) in [5.74, 6) is -0.396. The number of hydrogen-bond donors (Lipinski definition) is 2. The standard InChI is InChI=1S/C25H34FN5O6S/c1-16(2)36-25(33)31-10-7-20(8-11-31)37-24-18(4)23(27-15-28-24)30-22-6-5-19(13-21(22)26)9-12-38(34,35)29-14-17(3)32/h5-6,13,15-16,20,29H,7-12,14H2,1-4H3,(H,27,28,30). The average Bonchev–Trinajstić information content (AvgIpc) is 2.85. The molecular formula is C25H34FN5O6S. The molecule has 0 spiro atoms. The summed E-state index contributed by atoms with van der Waals surface area (Å²) >= 11 is 0. The number of ketones is 1. The minimum atomic E-state index is -3.65. The van der Waals surface area contributed by atoms with Crippen molar-refractivity contribution in [2.45, 2.75) is 59.2 Å². The number of nitrogens with one attached hydrogen (secondary N) is 2. The lowest BCUT2D eigenvalue weighted by Gasteiger charge is -2.32. The van der Waals surface area contributed by atoms with Gasteiger partial charge in [0.2, 0.25) is 15.9 Å². The van der Waals surface area contributed by atoms with Crippen molar-refractivity contribution >= 4 is 33.4 Å². The Bertz CT molecular complexity index is 1250. The van der Waals surface area contributed by atoms with E-state index in [0.717, 1.165) is 0 Å². The summed E-state index contributed by atoms with van der Waals surface area (Å²) in [7, 11) is -3.65. The third-order valence-corrected chi connectivity index (χ3v) is 7.17. The molecule has 208 valence electrons. The van der Waals surface area contributed by atoms with Gasteiger partial charge in [-0.15, -0.1) is 0 Å². The molecule has 0 unspecified atom stereocenters. The topological polar surface area (TPSA) is 140 Å². The van der Waals surface area contributed by atoms with E-state index in [4.69, 9.17) is 9.47 Å². The largest absolute Gasteiger partial charge is 0.474 e. The number of amides is 1. The third kappa shape index (κ3) is 8.62. The predicted octanol–water partition coefficient (Wildman–Crippen LogP) is 3.11. The van der Waals surface area contributed by atoms with E-state index in [0.29, 0.717) is 48.8 Å². The van der Waals surface area contributed by atoms with Gasteiger partial charge >= 0.3 is 6.09 Å². The van der Waals surface area contributed by atoms with Crippen LogP contribution in [0.4, 0.5) is 20.7 Å². The number of aromatic nitrogens is 2. The Morgan fingerprint density at radius 2 is 1.92 bits per heavy atom. The molecule has 1 saturated heterocycles. The first kappa shape index (κ1) is 29.2. The van der Waals surface area contributed by atoms with Crippen molar-refractivity contribution in [2.24, 2.45) is 0 Å². The number of piperidine rings is 1. The second-order valence-corrected chi connectivity index (χ2v) is 11.3. The summed E-state index contributed by atoms with van der Waals surface area (Å²) < 4.78 is 52.3. The number of sulfonamides is 1. The van der Waals surface area contributed by atoms with Crippen molar-refractivity contribution in [2.75, 3.05) is 30.7 Å². The lowest BCUT2D eigenvalue weighted by molar-refractivity contribution is -0.115. The fraction of sp³-hybridized carbons (Fsp3) is 0.520. The van der Waals surface area contributed by atoms with Crippen LogP contribution in [0.3, 0.4) is 0 Å². The average molecular weight is 552 g/mol. The first-order chi connectivity index (χ1) is 17.9. The molecule has 1 aliphatic rings. The van der Waals surface area contributed by atoms with E-state index in [1.54, 1.807) is 17.9 Å². The van der Waals surface area contributed by atoms with Crippen LogP contribution < -0.4 is 14.8 Å². The molecule has 2 N–H and O–H groups in total. The van der Waals surface area contributed by atoms with Gasteiger partial charge in [-0.1, -0.05) is 6.07 Å². The van der Waals surface area contributed by atoms with Crippen molar-refractivity contribution < 1.29 is 31.9 Å². The molecule has 0 aliphatic carbocycles. The maximum atomic E-state index is 14.8. The summed E-state index contributed by atoms with van der Waals surface area (Å²) in [5, 5.41) is 2.95. The molecule has 38 heavy (non-hydrogen) atoms. The summed E-state index contributed by atoms with van der Waals surface area (Å²) in [5.41, 5.74) is 1.25. The molecule has 2 heterocycles. The number of Topliss-reactive ketones (excluding diaryl/α,β-unsaturated/α-hetero) is 1. The maximum Gasteiger partial charge on any atom is 0.410 e. The van der Waals surface area contributed by atoms with Crippen LogP contribution in [0.2, 0.25) is 0 Å². The number of nitrogens with zero attached hydrogens (tertiary/aromatic N) is 3. The normalized spacial score (nSPS) is 14.4. The first-order valence-corrected chi connectivity index (χ1v) is 14.0. The molecule has 2 aromatic rings. The number of benzene rings is 1. The zero-order valence-electron chi connectivity index (χ0n) is 22.0. The zero-order valence-corrected chi connectivity index (χ0v) is 22.8. The lowest BCUT2D eigenvalue weighted by atomic mass is 10.1. The molecule has 0 radical (unpaired) electrons. The molecule has 0 saturated carbocycles. The Balaban J connectivity index is 1.58. The molecule has 3 rings (SSSR count). The van der Waals surface area contributed by atoms with Gasteiger partial charge in [0.15, 0.2) is 0 Å². The molecular weight excluding hydrogens is 517 g/mol. The SMILES string of the molecule is CC(=O)CNS(=O)(=O)CCc1ccc(Nc2ncnc(OC3CCN(C(=O)OC(C)C)CC3)c2C)c(F)c1. The van der Waals surface area contributed by atoms with Gasteiger partial charge in [0.05, 0.1) is 29.7 Å². The van der Waals surface area contributed by atoms with E-state index in [-0.39, 0.29) is 48.5 Å². The molecule has 1 aliphatic heterocycles. The minimum Gasteiger partial charge on any atom is -0.474 e. The van der Waals surface area contributed by atoms with Crippen LogP contribution in [0.5, 0.6) is 5.88 Å². The van der Waals surface area contributed by atoms with Crippen molar-refractivity contribution in [3.8, 4) is 5.88 Å². The predicted molar refractivity (Wildman–Crippen MR) is 139 cm³/mol. The van der Waals surface area contributed by atoms with E-state index in [1.807, 2.05) is 13.8 Å². The number of carbonyl (C=O) groups excluding carboxylic acids is 2. The van der Waals surface area contributed by atoms with E-state index in [1.165, 1.54) is 25.4 Å². The van der Waals surface area contributed by atoms with Gasteiger partial charge < -0.3 is 19.7 Å². The lowest BCUT2D eigenvalue weighted by Crippen LogP contribution is -2.42. The number of ether oxygens (including phenoxy) is 2. The van der Waals surface area contributed by atoms with Crippen molar-refractivity contribution in [3.05, 3.63) is 41.5 Å². The van der Waals surface area contributed by atoms with Gasteiger partial charge in [-0.3, -0.25) is 4.79 Å². The molecule has 1 aromatic carbocycles. The fourth-order valence-electron chi connectivity index (χ4n) is 3.75. The maximum absolute atomic E-state index is 14.8. The van der Waals surface area contributed by atoms with Crippen molar-refractivity contribution in [1.82, 2.24) is 19.6 Å². The van der Waals surface area contributed by atoms with Gasteiger partial charge in [-0.25, -0.2) is 32.3 Å². The molecule has 13 heteroatoms. The highest BCUT2D eigenvalue weighted by Crippen LogP contribution is 2.28. The quantitative estimate of drug-likeness (QED) is 0.431. The number of hydrogen-bond acceptors (Lipinski definition) is 9. The smallest absolute Gasteiger partial charge is 0.410 e. The van der Waals surface area contributed by atoms with Crippen LogP contribution in [0, 0.1) is 12.7 Å². The van der Waals surface area contributed by atoms with Crippen LogP contribution in [-0.4, -0.2) is 72.8 Å². The molecule has 11 nitrogen and oxygen atoms in total. The van der Waals surface area contributed by atoms with E-state index < -0.39 is 15.8 Å². The minimum absolute atomic E-state index is 0.0863. The Morgan fingerprint density at radius 3 is 2.55 bits per heavy atom. The van der Waals surface area contributed by atoms with Crippen LogP contribution in [0.1, 0.15) is 44.7 Å². The summed E-state index contributed by atoms with van der Waals surface area (Å²) in [6.45, 7) is 7.42. The Morgan fingerprint density at radius 1 is 1.21 bits per heavy atom. The van der Waals surface area contributed by atoms with Crippen LogP contribution in [-0.2, 0) is 26.0 Å². The van der Waals surface area contributed by atoms with Gasteiger partial charge in [0, 0.05) is 25.9 Å². The number of carbonyl (C=O) groups is 2. The van der Waals surface area contributed by atoms with Crippen LogP contribution in [0.25, 0.3) is 0 Å². The zero-order chi connectivity index (χ0) is 27.9. The molecule has 1 fully saturated rings. The molecule has 1 aromatic heterocycles. The number of aryl methyl sites for hydroxylation is 1. The second kappa shape index (κ2) is 13.0. The van der Waals surface area contributed by atoms with Gasteiger partial charge in [0.1, 0.15) is 29.8 Å². The highest BCUT2D eigenvalue weighted by molar-refractivity contribution is 7.89.